The van der Waals surface area contributed by atoms with Crippen LogP contribution in [0.5, 0.6) is 0 Å². The lowest BCUT2D eigenvalue weighted by atomic mass is 10.1. The Morgan fingerprint density at radius 1 is 1.29 bits per heavy atom. The van der Waals surface area contributed by atoms with Crippen molar-refractivity contribution in [2.75, 3.05) is 32.9 Å². The van der Waals surface area contributed by atoms with E-state index in [4.69, 9.17) is 5.73 Å². The highest BCUT2D eigenvalue weighted by molar-refractivity contribution is 7.89. The van der Waals surface area contributed by atoms with E-state index >= 15 is 0 Å². The molecule has 0 saturated carbocycles. The third-order valence-corrected chi connectivity index (χ3v) is 5.64. The predicted octanol–water partition coefficient (Wildman–Crippen LogP) is 1.26. The molecule has 1 aromatic rings. The molecule has 0 aliphatic carbocycles. The molecule has 1 aliphatic rings. The van der Waals surface area contributed by atoms with Crippen LogP contribution in [0.1, 0.15) is 12.8 Å². The standard InChI is InChI=1S/C13H19F2N3O2S/c1-17(2)9-4-3-5-18(8-9)21(19,20)13-7-12(16)10(14)6-11(13)15/h6-7,9H,3-5,8,16H2,1-2H3. The molecule has 1 aliphatic heterocycles. The Morgan fingerprint density at radius 2 is 1.95 bits per heavy atom. The van der Waals surface area contributed by atoms with Crippen LogP contribution in [-0.4, -0.2) is 50.8 Å². The number of hydrogen-bond acceptors (Lipinski definition) is 4. The van der Waals surface area contributed by atoms with Gasteiger partial charge < -0.3 is 10.6 Å². The SMILES string of the molecule is CN(C)C1CCCN(S(=O)(=O)c2cc(N)c(F)cc2F)C1. The molecule has 118 valence electrons. The first-order valence-corrected chi connectivity index (χ1v) is 8.08. The molecule has 1 heterocycles. The van der Waals surface area contributed by atoms with Crippen LogP contribution in [-0.2, 0) is 10.0 Å². The van der Waals surface area contributed by atoms with Crippen LogP contribution in [0, 0.1) is 11.6 Å². The lowest BCUT2D eigenvalue weighted by molar-refractivity contribution is 0.190. The third kappa shape index (κ3) is 3.17. The van der Waals surface area contributed by atoms with Gasteiger partial charge in [0.2, 0.25) is 10.0 Å². The highest BCUT2D eigenvalue weighted by atomic mass is 32.2. The largest absolute Gasteiger partial charge is 0.396 e. The fourth-order valence-electron chi connectivity index (χ4n) is 2.44. The van der Waals surface area contributed by atoms with Crippen molar-refractivity contribution in [3.8, 4) is 0 Å². The first-order chi connectivity index (χ1) is 9.73. The number of nitrogens with two attached hydrogens (primary N) is 1. The monoisotopic (exact) mass is 319 g/mol. The van der Waals surface area contributed by atoms with E-state index in [0.29, 0.717) is 19.0 Å². The van der Waals surface area contributed by atoms with Crippen LogP contribution in [0.2, 0.25) is 0 Å². The third-order valence-electron chi connectivity index (χ3n) is 3.76. The van der Waals surface area contributed by atoms with E-state index in [0.717, 1.165) is 12.5 Å². The fraction of sp³-hybridized carbons (Fsp3) is 0.538. The van der Waals surface area contributed by atoms with Gasteiger partial charge in [-0.05, 0) is 33.0 Å². The Balaban J connectivity index is 2.36. The number of benzene rings is 1. The topological polar surface area (TPSA) is 66.6 Å². The normalized spacial score (nSPS) is 20.9. The molecule has 0 spiro atoms. The summed E-state index contributed by atoms with van der Waals surface area (Å²) in [5.74, 6) is -2.08. The molecular formula is C13H19F2N3O2S. The van der Waals surface area contributed by atoms with Gasteiger partial charge in [0.05, 0.1) is 5.69 Å². The molecule has 2 N–H and O–H groups in total. The first-order valence-electron chi connectivity index (χ1n) is 6.64. The van der Waals surface area contributed by atoms with Crippen molar-refractivity contribution in [2.24, 2.45) is 0 Å². The van der Waals surface area contributed by atoms with Crippen molar-refractivity contribution in [1.29, 1.82) is 0 Å². The summed E-state index contributed by atoms with van der Waals surface area (Å²) < 4.78 is 53.3. The number of nitrogens with zero attached hydrogens (tertiary/aromatic N) is 2. The molecule has 8 heteroatoms. The molecule has 1 atom stereocenters. The lowest BCUT2D eigenvalue weighted by Crippen LogP contribution is -2.47. The van der Waals surface area contributed by atoms with Crippen LogP contribution < -0.4 is 5.73 Å². The second kappa shape index (κ2) is 5.86. The summed E-state index contributed by atoms with van der Waals surface area (Å²) >= 11 is 0. The minimum atomic E-state index is -4.01. The van der Waals surface area contributed by atoms with E-state index in [1.807, 2.05) is 19.0 Å². The Labute approximate surface area is 123 Å². The minimum Gasteiger partial charge on any atom is -0.396 e. The van der Waals surface area contributed by atoms with E-state index in [2.05, 4.69) is 0 Å². The summed E-state index contributed by atoms with van der Waals surface area (Å²) in [4.78, 5) is 1.37. The zero-order chi connectivity index (χ0) is 15.8. The van der Waals surface area contributed by atoms with Crippen LogP contribution in [0.4, 0.5) is 14.5 Å². The second-order valence-electron chi connectivity index (χ2n) is 5.43. The van der Waals surface area contributed by atoms with Crippen molar-refractivity contribution in [1.82, 2.24) is 9.21 Å². The maximum absolute atomic E-state index is 13.8. The quantitative estimate of drug-likeness (QED) is 0.852. The van der Waals surface area contributed by atoms with Gasteiger partial charge in [0, 0.05) is 25.2 Å². The van der Waals surface area contributed by atoms with Crippen LogP contribution >= 0.6 is 0 Å². The van der Waals surface area contributed by atoms with Gasteiger partial charge in [0.1, 0.15) is 16.5 Å². The van der Waals surface area contributed by atoms with E-state index < -0.39 is 26.6 Å². The molecule has 1 fully saturated rings. The highest BCUT2D eigenvalue weighted by Gasteiger charge is 2.33. The van der Waals surface area contributed by atoms with E-state index in [-0.39, 0.29) is 18.3 Å². The maximum atomic E-state index is 13.8. The lowest BCUT2D eigenvalue weighted by Gasteiger charge is -2.35. The van der Waals surface area contributed by atoms with Gasteiger partial charge >= 0.3 is 0 Å². The maximum Gasteiger partial charge on any atom is 0.246 e. The van der Waals surface area contributed by atoms with Gasteiger partial charge in [-0.2, -0.15) is 4.31 Å². The number of hydrogen-bond donors (Lipinski definition) is 1. The number of likely N-dealkylation sites (N-methyl/N-ethyl adjacent to an activating group) is 1. The number of sulfonamides is 1. The van der Waals surface area contributed by atoms with Gasteiger partial charge in [-0.15, -0.1) is 0 Å². The number of rotatable bonds is 3. The van der Waals surface area contributed by atoms with E-state index in [1.165, 1.54) is 4.31 Å². The zero-order valence-corrected chi connectivity index (χ0v) is 12.8. The molecule has 1 aromatic carbocycles. The minimum absolute atomic E-state index is 0.0781. The van der Waals surface area contributed by atoms with Gasteiger partial charge in [-0.25, -0.2) is 17.2 Å². The second-order valence-corrected chi connectivity index (χ2v) is 7.33. The smallest absolute Gasteiger partial charge is 0.246 e. The Morgan fingerprint density at radius 3 is 2.57 bits per heavy atom. The molecule has 0 bridgehead atoms. The summed E-state index contributed by atoms with van der Waals surface area (Å²) in [6.07, 6.45) is 1.58. The average molecular weight is 319 g/mol. The van der Waals surface area contributed by atoms with Gasteiger partial charge in [-0.1, -0.05) is 0 Å². The van der Waals surface area contributed by atoms with Gasteiger partial charge in [0.25, 0.3) is 0 Å². The molecule has 1 unspecified atom stereocenters. The van der Waals surface area contributed by atoms with Crippen molar-refractivity contribution in [3.63, 3.8) is 0 Å². The van der Waals surface area contributed by atoms with Crippen molar-refractivity contribution in [2.45, 2.75) is 23.8 Å². The molecule has 0 radical (unpaired) electrons. The van der Waals surface area contributed by atoms with E-state index in [1.54, 1.807) is 0 Å². The van der Waals surface area contributed by atoms with Gasteiger partial charge in [0.15, 0.2) is 0 Å². The summed E-state index contributed by atoms with van der Waals surface area (Å²) in [6, 6.07) is 1.43. The Hall–Kier alpha value is -1.25. The molecule has 5 nitrogen and oxygen atoms in total. The molecular weight excluding hydrogens is 300 g/mol. The molecule has 0 amide bonds. The van der Waals surface area contributed by atoms with Crippen LogP contribution in [0.15, 0.2) is 17.0 Å². The number of nitrogen functional groups attached to an aromatic ring is 1. The first kappa shape index (κ1) is 16.1. The Kier molecular flexibility index (Phi) is 4.50. The van der Waals surface area contributed by atoms with E-state index in [9.17, 15) is 17.2 Å². The summed E-state index contributed by atoms with van der Waals surface area (Å²) in [5.41, 5.74) is 4.98. The Bertz CT molecular complexity index is 635. The summed E-state index contributed by atoms with van der Waals surface area (Å²) in [6.45, 7) is 0.607. The number of anilines is 1. The van der Waals surface area contributed by atoms with Gasteiger partial charge in [-0.3, -0.25) is 0 Å². The summed E-state index contributed by atoms with van der Waals surface area (Å²) in [7, 11) is -0.269. The molecule has 2 rings (SSSR count). The number of piperidine rings is 1. The van der Waals surface area contributed by atoms with Crippen molar-refractivity contribution in [3.05, 3.63) is 23.8 Å². The molecule has 0 aromatic heterocycles. The van der Waals surface area contributed by atoms with Crippen LogP contribution in [0.3, 0.4) is 0 Å². The molecule has 1 saturated heterocycles. The average Bonchev–Trinajstić information content (AvgIpc) is 2.42. The number of halogens is 2. The summed E-state index contributed by atoms with van der Waals surface area (Å²) in [5, 5.41) is 0. The molecule has 21 heavy (non-hydrogen) atoms. The zero-order valence-electron chi connectivity index (χ0n) is 12.0. The van der Waals surface area contributed by atoms with Crippen LogP contribution in [0.25, 0.3) is 0 Å². The predicted molar refractivity (Wildman–Crippen MR) is 76.2 cm³/mol. The van der Waals surface area contributed by atoms with Crippen molar-refractivity contribution >= 4 is 15.7 Å². The highest BCUT2D eigenvalue weighted by Crippen LogP contribution is 2.26. The fourth-order valence-corrected chi connectivity index (χ4v) is 4.04. The van der Waals surface area contributed by atoms with Crippen molar-refractivity contribution < 1.29 is 17.2 Å².